The summed E-state index contributed by atoms with van der Waals surface area (Å²) < 4.78 is 11.4. The lowest BCUT2D eigenvalue weighted by molar-refractivity contribution is -0.142. The number of hydrogen-bond donors (Lipinski definition) is 1. The Morgan fingerprint density at radius 2 is 2.12 bits per heavy atom. The Morgan fingerprint density at radius 3 is 2.88 bits per heavy atom. The first-order valence-corrected chi connectivity index (χ1v) is 8.77. The molecule has 1 amide bonds. The molecular weight excluding hydrogens is 312 g/mol. The van der Waals surface area contributed by atoms with Crippen molar-refractivity contribution in [3.8, 4) is 0 Å². The number of carbonyl (C=O) groups excluding carboxylic acids is 1. The summed E-state index contributed by atoms with van der Waals surface area (Å²) in [5, 5.41) is 9.30. The number of nitrogens with zero attached hydrogens (tertiary/aromatic N) is 2. The minimum atomic E-state index is -1.11. The number of aromatic nitrogens is 1. The minimum absolute atomic E-state index is 0.0729. The molecule has 3 aliphatic heterocycles. The molecule has 0 aromatic carbocycles. The molecular formula is C17H20N2O5. The summed E-state index contributed by atoms with van der Waals surface area (Å²) in [5.41, 5.74) is -0.0776. The monoisotopic (exact) mass is 332 g/mol. The zero-order chi connectivity index (χ0) is 16.4. The summed E-state index contributed by atoms with van der Waals surface area (Å²) in [5.74, 6) is 0.482. The fraction of sp³-hybridized carbons (Fsp3) is 0.706. The lowest BCUT2D eigenvalue weighted by Gasteiger charge is -2.37. The van der Waals surface area contributed by atoms with Crippen molar-refractivity contribution in [2.24, 2.45) is 17.8 Å². The second-order valence-corrected chi connectivity index (χ2v) is 7.46. The van der Waals surface area contributed by atoms with E-state index in [0.717, 1.165) is 32.1 Å². The molecule has 1 saturated carbocycles. The van der Waals surface area contributed by atoms with Crippen LogP contribution in [-0.4, -0.2) is 45.6 Å². The third-order valence-corrected chi connectivity index (χ3v) is 6.21. The van der Waals surface area contributed by atoms with Crippen LogP contribution in [0, 0.1) is 17.8 Å². The Labute approximate surface area is 139 Å². The van der Waals surface area contributed by atoms with Gasteiger partial charge in [0.15, 0.2) is 17.8 Å². The van der Waals surface area contributed by atoms with Crippen molar-refractivity contribution in [3.05, 3.63) is 17.8 Å². The van der Waals surface area contributed by atoms with Crippen molar-refractivity contribution in [2.75, 3.05) is 6.54 Å². The highest BCUT2D eigenvalue weighted by Crippen LogP contribution is 2.61. The molecule has 4 heterocycles. The van der Waals surface area contributed by atoms with Crippen molar-refractivity contribution in [1.82, 2.24) is 9.88 Å². The van der Waals surface area contributed by atoms with Crippen LogP contribution < -0.4 is 0 Å². The van der Waals surface area contributed by atoms with Gasteiger partial charge in [-0.05, 0) is 43.9 Å². The normalized spacial score (nSPS) is 39.8. The molecule has 1 N–H and O–H groups in total. The molecule has 1 unspecified atom stereocenters. The lowest BCUT2D eigenvalue weighted by atomic mass is 9.86. The Kier molecular flexibility index (Phi) is 3.04. The molecule has 7 nitrogen and oxygen atoms in total. The van der Waals surface area contributed by atoms with Crippen molar-refractivity contribution < 1.29 is 23.8 Å². The summed E-state index contributed by atoms with van der Waals surface area (Å²) in [6.07, 6.45) is 6.11. The van der Waals surface area contributed by atoms with Crippen LogP contribution in [0.4, 0.5) is 0 Å². The molecule has 4 fully saturated rings. The smallest absolute Gasteiger partial charge is 0.358 e. The number of carboxylic acids is 1. The molecule has 128 valence electrons. The molecule has 5 rings (SSSR count). The van der Waals surface area contributed by atoms with Gasteiger partial charge in [0.1, 0.15) is 0 Å². The molecule has 2 bridgehead atoms. The molecule has 3 saturated heterocycles. The highest BCUT2D eigenvalue weighted by molar-refractivity contribution is 5.87. The minimum Gasteiger partial charge on any atom is -0.476 e. The van der Waals surface area contributed by atoms with E-state index < -0.39 is 5.97 Å². The van der Waals surface area contributed by atoms with Gasteiger partial charge in [-0.2, -0.15) is 0 Å². The molecule has 1 aromatic rings. The predicted molar refractivity (Wildman–Crippen MR) is 80.1 cm³/mol. The van der Waals surface area contributed by atoms with Crippen LogP contribution in [-0.2, 0) is 9.53 Å². The molecule has 1 aromatic heterocycles. The molecule has 0 radical (unpaired) electrons. The van der Waals surface area contributed by atoms with Crippen molar-refractivity contribution in [2.45, 2.75) is 50.4 Å². The number of ether oxygens (including phenoxy) is 1. The Morgan fingerprint density at radius 1 is 1.25 bits per heavy atom. The lowest BCUT2D eigenvalue weighted by Crippen LogP contribution is -2.45. The van der Waals surface area contributed by atoms with E-state index in [0.29, 0.717) is 24.1 Å². The first-order chi connectivity index (χ1) is 11.6. The van der Waals surface area contributed by atoms with Crippen LogP contribution in [0.1, 0.15) is 54.4 Å². The number of fused-ring (bicyclic) bond motifs is 5. The standard InChI is InChI=1S/C17H20N2O5/c20-16(10-6-12-8-5-9(8)14(10)24-12)19-4-2-1-3-11(19)15-13(17(21)22)18-7-23-15/h7-12,14H,1-6H2,(H,21,22)/t8-,9+,10-,11?,12+,14+/m1/s1. The number of rotatable bonds is 3. The van der Waals surface area contributed by atoms with Crippen LogP contribution >= 0.6 is 0 Å². The summed E-state index contributed by atoms with van der Waals surface area (Å²) in [6.45, 7) is 0.644. The summed E-state index contributed by atoms with van der Waals surface area (Å²) in [6, 6.07) is -0.325. The largest absolute Gasteiger partial charge is 0.476 e. The molecule has 7 heteroatoms. The zero-order valence-electron chi connectivity index (χ0n) is 13.3. The number of aromatic carboxylic acids is 1. The Bertz CT molecular complexity index is 701. The van der Waals surface area contributed by atoms with Gasteiger partial charge in [-0.15, -0.1) is 0 Å². The van der Waals surface area contributed by atoms with Crippen LogP contribution in [0.25, 0.3) is 0 Å². The van der Waals surface area contributed by atoms with Crippen LogP contribution in [0.3, 0.4) is 0 Å². The number of piperidine rings is 1. The van der Waals surface area contributed by atoms with Gasteiger partial charge in [0.25, 0.3) is 0 Å². The van der Waals surface area contributed by atoms with Crippen molar-refractivity contribution in [1.29, 1.82) is 0 Å². The number of oxazole rings is 1. The van der Waals surface area contributed by atoms with E-state index in [2.05, 4.69) is 4.98 Å². The summed E-state index contributed by atoms with van der Waals surface area (Å²) in [7, 11) is 0. The summed E-state index contributed by atoms with van der Waals surface area (Å²) >= 11 is 0. The number of amides is 1. The number of hydrogen-bond acceptors (Lipinski definition) is 5. The SMILES string of the molecule is O=C(O)c1ncoc1C1CCCCN1C(=O)[C@@H]1C[C@@H]2O[C@H]1[C@H]1C[C@H]12. The maximum Gasteiger partial charge on any atom is 0.358 e. The second kappa shape index (κ2) is 5.05. The van der Waals surface area contributed by atoms with Gasteiger partial charge in [0, 0.05) is 6.54 Å². The van der Waals surface area contributed by atoms with Gasteiger partial charge < -0.3 is 19.2 Å². The topological polar surface area (TPSA) is 92.9 Å². The van der Waals surface area contributed by atoms with Gasteiger partial charge in [-0.3, -0.25) is 4.79 Å². The number of likely N-dealkylation sites (tertiary alicyclic amines) is 1. The van der Waals surface area contributed by atoms with Crippen molar-refractivity contribution in [3.63, 3.8) is 0 Å². The van der Waals surface area contributed by atoms with E-state index in [1.807, 2.05) is 4.90 Å². The van der Waals surface area contributed by atoms with E-state index in [9.17, 15) is 14.7 Å². The van der Waals surface area contributed by atoms with E-state index in [4.69, 9.17) is 9.15 Å². The highest BCUT2D eigenvalue weighted by Gasteiger charge is 2.64. The molecule has 4 aliphatic rings. The average Bonchev–Trinajstić information content (AvgIpc) is 2.98. The van der Waals surface area contributed by atoms with E-state index in [-0.39, 0.29) is 35.8 Å². The predicted octanol–water partition coefficient (Wildman–Crippen LogP) is 1.85. The van der Waals surface area contributed by atoms with Crippen molar-refractivity contribution >= 4 is 11.9 Å². The van der Waals surface area contributed by atoms with Gasteiger partial charge in [0.2, 0.25) is 5.91 Å². The van der Waals surface area contributed by atoms with E-state index >= 15 is 0 Å². The average molecular weight is 332 g/mol. The quantitative estimate of drug-likeness (QED) is 0.908. The third-order valence-electron chi connectivity index (χ3n) is 6.21. The fourth-order valence-corrected chi connectivity index (χ4v) is 5.03. The maximum absolute atomic E-state index is 13.2. The maximum atomic E-state index is 13.2. The zero-order valence-corrected chi connectivity index (χ0v) is 13.3. The number of carboxylic acid groups (broad SMARTS) is 1. The first-order valence-electron chi connectivity index (χ1n) is 8.77. The van der Waals surface area contributed by atoms with Gasteiger partial charge >= 0.3 is 5.97 Å². The van der Waals surface area contributed by atoms with Gasteiger partial charge in [-0.25, -0.2) is 9.78 Å². The van der Waals surface area contributed by atoms with Gasteiger partial charge in [-0.1, -0.05) is 0 Å². The Balaban J connectivity index is 1.41. The molecule has 24 heavy (non-hydrogen) atoms. The van der Waals surface area contributed by atoms with E-state index in [1.54, 1.807) is 0 Å². The van der Waals surface area contributed by atoms with Gasteiger partial charge in [0.05, 0.1) is 24.2 Å². The second-order valence-electron chi connectivity index (χ2n) is 7.46. The van der Waals surface area contributed by atoms with Crippen LogP contribution in [0.2, 0.25) is 0 Å². The molecule has 1 aliphatic carbocycles. The number of carbonyl (C=O) groups is 2. The summed E-state index contributed by atoms with van der Waals surface area (Å²) in [4.78, 5) is 30.2. The van der Waals surface area contributed by atoms with E-state index in [1.165, 1.54) is 6.42 Å². The fourth-order valence-electron chi connectivity index (χ4n) is 5.03. The molecule has 6 atom stereocenters. The Hall–Kier alpha value is -1.89. The third kappa shape index (κ3) is 1.97. The van der Waals surface area contributed by atoms with Crippen LogP contribution in [0.15, 0.2) is 10.8 Å². The highest BCUT2D eigenvalue weighted by atomic mass is 16.5. The molecule has 0 spiro atoms. The van der Waals surface area contributed by atoms with Crippen LogP contribution in [0.5, 0.6) is 0 Å². The first kappa shape index (κ1) is 14.5.